The molecule has 0 aliphatic rings. The quantitative estimate of drug-likeness (QED) is 0.721. The van der Waals surface area contributed by atoms with Gasteiger partial charge in [0.05, 0.1) is 6.20 Å². The molecule has 0 spiro atoms. The van der Waals surface area contributed by atoms with Gasteiger partial charge in [0.25, 0.3) is 5.56 Å². The zero-order valence-electron chi connectivity index (χ0n) is 14.3. The topological polar surface area (TPSA) is 93.7 Å². The van der Waals surface area contributed by atoms with E-state index in [4.69, 9.17) is 0 Å². The SMILES string of the molecule is CCN(Cc1cnn(CC)c1)c1nc2c(c(=O)[nH]c(=O)n2C)n1C. The maximum Gasteiger partial charge on any atom is 0.329 e. The van der Waals surface area contributed by atoms with Gasteiger partial charge in [0.1, 0.15) is 0 Å². The summed E-state index contributed by atoms with van der Waals surface area (Å²) in [6, 6.07) is 0. The Morgan fingerprint density at radius 2 is 1.96 bits per heavy atom. The van der Waals surface area contributed by atoms with Crippen molar-refractivity contribution in [2.45, 2.75) is 26.9 Å². The number of aromatic nitrogens is 6. The van der Waals surface area contributed by atoms with E-state index in [9.17, 15) is 9.59 Å². The van der Waals surface area contributed by atoms with Crippen molar-refractivity contribution in [3.63, 3.8) is 0 Å². The average molecular weight is 331 g/mol. The van der Waals surface area contributed by atoms with E-state index in [0.29, 0.717) is 30.2 Å². The number of aryl methyl sites for hydroxylation is 3. The second kappa shape index (κ2) is 5.99. The zero-order valence-corrected chi connectivity index (χ0v) is 14.3. The number of hydrogen-bond donors (Lipinski definition) is 1. The number of nitrogens with zero attached hydrogens (tertiary/aromatic N) is 6. The molecule has 0 amide bonds. The van der Waals surface area contributed by atoms with Gasteiger partial charge in [-0.25, -0.2) is 4.79 Å². The molecule has 0 saturated carbocycles. The van der Waals surface area contributed by atoms with Crippen LogP contribution in [-0.2, 0) is 27.2 Å². The second-order valence-corrected chi connectivity index (χ2v) is 5.68. The number of rotatable bonds is 5. The van der Waals surface area contributed by atoms with Crippen LogP contribution in [0.3, 0.4) is 0 Å². The van der Waals surface area contributed by atoms with Crippen LogP contribution in [0.5, 0.6) is 0 Å². The summed E-state index contributed by atoms with van der Waals surface area (Å²) in [6.07, 6.45) is 3.82. The van der Waals surface area contributed by atoms with Crippen molar-refractivity contribution < 1.29 is 0 Å². The summed E-state index contributed by atoms with van der Waals surface area (Å²) in [4.78, 5) is 32.8. The molecule has 0 saturated heterocycles. The van der Waals surface area contributed by atoms with Crippen molar-refractivity contribution in [3.05, 3.63) is 38.8 Å². The monoisotopic (exact) mass is 331 g/mol. The number of hydrogen-bond acceptors (Lipinski definition) is 5. The summed E-state index contributed by atoms with van der Waals surface area (Å²) in [5.74, 6) is 0.642. The van der Waals surface area contributed by atoms with Gasteiger partial charge in [0, 0.05) is 45.5 Å². The van der Waals surface area contributed by atoms with E-state index < -0.39 is 11.2 Å². The van der Waals surface area contributed by atoms with Crippen LogP contribution < -0.4 is 16.1 Å². The first kappa shape index (κ1) is 16.0. The highest BCUT2D eigenvalue weighted by Gasteiger charge is 2.19. The second-order valence-electron chi connectivity index (χ2n) is 5.68. The number of fused-ring (bicyclic) bond motifs is 1. The van der Waals surface area contributed by atoms with E-state index in [1.165, 1.54) is 4.57 Å². The van der Waals surface area contributed by atoms with Gasteiger partial charge < -0.3 is 9.47 Å². The van der Waals surface area contributed by atoms with Crippen LogP contribution in [0.1, 0.15) is 19.4 Å². The Hall–Kier alpha value is -2.84. The predicted molar refractivity (Wildman–Crippen MR) is 91.2 cm³/mol. The lowest BCUT2D eigenvalue weighted by Crippen LogP contribution is -2.29. The molecule has 0 aliphatic carbocycles. The molecule has 0 atom stereocenters. The molecule has 1 N–H and O–H groups in total. The van der Waals surface area contributed by atoms with Crippen LogP contribution in [0.2, 0.25) is 0 Å². The Balaban J connectivity index is 2.08. The van der Waals surface area contributed by atoms with E-state index in [-0.39, 0.29) is 0 Å². The molecule has 24 heavy (non-hydrogen) atoms. The number of nitrogens with one attached hydrogen (secondary N) is 1. The van der Waals surface area contributed by atoms with Crippen molar-refractivity contribution in [3.8, 4) is 0 Å². The summed E-state index contributed by atoms with van der Waals surface area (Å²) >= 11 is 0. The molecule has 9 heteroatoms. The fraction of sp³-hybridized carbons (Fsp3) is 0.467. The number of aromatic amines is 1. The van der Waals surface area contributed by atoms with E-state index >= 15 is 0 Å². The standard InChI is InChI=1S/C15H21N7O2/c1-5-21(8-10-7-16-22(6-2)9-10)14-17-12-11(19(14)3)13(23)18-15(24)20(12)4/h7,9H,5-6,8H2,1-4H3,(H,18,23,24). The van der Waals surface area contributed by atoms with Gasteiger partial charge in [0.15, 0.2) is 11.2 Å². The largest absolute Gasteiger partial charge is 0.338 e. The van der Waals surface area contributed by atoms with Gasteiger partial charge in [-0.1, -0.05) is 0 Å². The van der Waals surface area contributed by atoms with Gasteiger partial charge in [-0.15, -0.1) is 0 Å². The Kier molecular flexibility index (Phi) is 4.00. The maximum absolute atomic E-state index is 12.1. The maximum atomic E-state index is 12.1. The van der Waals surface area contributed by atoms with Gasteiger partial charge in [-0.05, 0) is 13.8 Å². The van der Waals surface area contributed by atoms with E-state index in [1.54, 1.807) is 18.7 Å². The minimum atomic E-state index is -0.468. The molecule has 0 unspecified atom stereocenters. The molecule has 0 bridgehead atoms. The van der Waals surface area contributed by atoms with Crippen LogP contribution in [0.15, 0.2) is 22.0 Å². The third-order valence-corrected chi connectivity index (χ3v) is 4.16. The molecule has 3 rings (SSSR count). The summed E-state index contributed by atoms with van der Waals surface area (Å²) in [5.41, 5.74) is 0.931. The molecule has 9 nitrogen and oxygen atoms in total. The van der Waals surface area contributed by atoms with Crippen molar-refractivity contribution in [2.75, 3.05) is 11.4 Å². The van der Waals surface area contributed by atoms with Gasteiger partial charge in [-0.3, -0.25) is 19.0 Å². The summed E-state index contributed by atoms with van der Waals surface area (Å²) in [5, 5.41) is 4.28. The zero-order chi connectivity index (χ0) is 17.4. The van der Waals surface area contributed by atoms with Crippen molar-refractivity contribution in [1.82, 2.24) is 28.9 Å². The van der Waals surface area contributed by atoms with Gasteiger partial charge in [-0.2, -0.15) is 10.1 Å². The highest BCUT2D eigenvalue weighted by atomic mass is 16.2. The molecular formula is C15H21N7O2. The number of H-pyrrole nitrogens is 1. The molecule has 0 fully saturated rings. The number of imidazole rings is 1. The average Bonchev–Trinajstić information content (AvgIpc) is 3.15. The third-order valence-electron chi connectivity index (χ3n) is 4.16. The summed E-state index contributed by atoms with van der Waals surface area (Å²) in [7, 11) is 3.38. The van der Waals surface area contributed by atoms with Crippen LogP contribution in [-0.4, -0.2) is 35.4 Å². The van der Waals surface area contributed by atoms with Crippen molar-refractivity contribution in [1.29, 1.82) is 0 Å². The van der Waals surface area contributed by atoms with E-state index in [1.807, 2.05) is 35.8 Å². The predicted octanol–water partition coefficient (Wildman–Crippen LogP) is 0.203. The smallest absolute Gasteiger partial charge is 0.329 e. The molecular weight excluding hydrogens is 310 g/mol. The Labute approximate surface area is 138 Å². The van der Waals surface area contributed by atoms with Crippen LogP contribution in [0, 0.1) is 0 Å². The van der Waals surface area contributed by atoms with Crippen LogP contribution >= 0.6 is 0 Å². The summed E-state index contributed by atoms with van der Waals surface area (Å²) < 4.78 is 4.94. The van der Waals surface area contributed by atoms with E-state index in [2.05, 4.69) is 15.1 Å². The summed E-state index contributed by atoms with van der Waals surface area (Å²) in [6.45, 7) is 6.20. The van der Waals surface area contributed by atoms with Crippen LogP contribution in [0.25, 0.3) is 11.2 Å². The lowest BCUT2D eigenvalue weighted by molar-refractivity contribution is 0.658. The Morgan fingerprint density at radius 1 is 1.21 bits per heavy atom. The first-order chi connectivity index (χ1) is 11.5. The molecule has 3 aromatic rings. The molecule has 0 aliphatic heterocycles. The molecule has 3 heterocycles. The van der Waals surface area contributed by atoms with Gasteiger partial charge in [0.2, 0.25) is 5.95 Å². The molecule has 0 radical (unpaired) electrons. The highest BCUT2D eigenvalue weighted by Crippen LogP contribution is 2.19. The first-order valence-corrected chi connectivity index (χ1v) is 7.88. The fourth-order valence-corrected chi connectivity index (χ4v) is 2.78. The lowest BCUT2D eigenvalue weighted by atomic mass is 10.3. The minimum absolute atomic E-state index is 0.379. The van der Waals surface area contributed by atoms with Crippen molar-refractivity contribution >= 4 is 17.1 Å². The van der Waals surface area contributed by atoms with E-state index in [0.717, 1.165) is 12.1 Å². The third kappa shape index (κ3) is 2.51. The Morgan fingerprint density at radius 3 is 2.58 bits per heavy atom. The Bertz CT molecular complexity index is 992. The molecule has 128 valence electrons. The highest BCUT2D eigenvalue weighted by molar-refractivity contribution is 5.74. The van der Waals surface area contributed by atoms with Gasteiger partial charge >= 0.3 is 5.69 Å². The first-order valence-electron chi connectivity index (χ1n) is 7.88. The van der Waals surface area contributed by atoms with Crippen LogP contribution in [0.4, 0.5) is 5.95 Å². The normalized spacial score (nSPS) is 11.3. The molecule has 0 aromatic carbocycles. The number of anilines is 1. The minimum Gasteiger partial charge on any atom is -0.338 e. The fourth-order valence-electron chi connectivity index (χ4n) is 2.78. The molecule has 3 aromatic heterocycles. The lowest BCUT2D eigenvalue weighted by Gasteiger charge is -2.20. The van der Waals surface area contributed by atoms with Crippen molar-refractivity contribution in [2.24, 2.45) is 14.1 Å².